The molecule has 2 amide bonds. The molecule has 1 unspecified atom stereocenters. The van der Waals surface area contributed by atoms with Crippen molar-refractivity contribution in [3.8, 4) is 0 Å². The molecule has 1 atom stereocenters. The second-order valence-electron chi connectivity index (χ2n) is 5.53. The van der Waals surface area contributed by atoms with Gasteiger partial charge in [-0.2, -0.15) is 0 Å². The summed E-state index contributed by atoms with van der Waals surface area (Å²) in [6.07, 6.45) is 1.95. The Morgan fingerprint density at radius 3 is 2.38 bits per heavy atom. The third-order valence-electron chi connectivity index (χ3n) is 3.57. The second-order valence-corrected chi connectivity index (χ2v) is 6.45. The van der Waals surface area contributed by atoms with Crippen LogP contribution in [0, 0.1) is 5.92 Å². The highest BCUT2D eigenvalue weighted by molar-refractivity contribution is 9.10. The Balaban J connectivity index is 1.80. The van der Waals surface area contributed by atoms with E-state index in [1.165, 1.54) is 0 Å². The summed E-state index contributed by atoms with van der Waals surface area (Å²) in [7, 11) is 0. The average Bonchev–Trinajstić information content (AvgIpc) is 3.28. The van der Waals surface area contributed by atoms with Gasteiger partial charge in [0.15, 0.2) is 0 Å². The van der Waals surface area contributed by atoms with Crippen LogP contribution in [0.25, 0.3) is 0 Å². The zero-order valence-corrected chi connectivity index (χ0v) is 13.6. The van der Waals surface area contributed by atoms with Crippen LogP contribution in [0.5, 0.6) is 0 Å². The third-order valence-corrected chi connectivity index (χ3v) is 4.10. The van der Waals surface area contributed by atoms with Crippen molar-refractivity contribution in [2.45, 2.75) is 25.3 Å². The molecule has 1 saturated carbocycles. The molecule has 1 aliphatic rings. The second kappa shape index (κ2) is 6.58. The van der Waals surface area contributed by atoms with E-state index in [1.54, 1.807) is 6.92 Å². The monoisotopic (exact) mass is 353 g/mol. The van der Waals surface area contributed by atoms with Crippen LogP contribution in [-0.4, -0.2) is 24.9 Å². The largest absolute Gasteiger partial charge is 0.354 e. The maximum atomic E-state index is 12.2. The maximum absolute atomic E-state index is 12.2. The number of rotatable bonds is 6. The van der Waals surface area contributed by atoms with Gasteiger partial charge in [0.2, 0.25) is 11.8 Å². The zero-order valence-electron chi connectivity index (χ0n) is 12.0. The minimum Gasteiger partial charge on any atom is -0.354 e. The Bertz CT molecular complexity index is 524. The standard InChI is InChI=1S/C15H20BrN3O2/c1-15(17,11-4-6-12(16)7-5-11)14(21)19-9-8-18-13(20)10-2-3-10/h4-7,10H,2-3,8-9,17H2,1H3,(H,18,20)(H,19,21). The first kappa shape index (κ1) is 16.0. The summed E-state index contributed by atoms with van der Waals surface area (Å²) in [5, 5.41) is 5.56. The number of amides is 2. The first-order valence-electron chi connectivity index (χ1n) is 7.02. The number of carbonyl (C=O) groups is 2. The van der Waals surface area contributed by atoms with Crippen molar-refractivity contribution in [3.05, 3.63) is 34.3 Å². The number of hydrogen-bond acceptors (Lipinski definition) is 3. The molecule has 114 valence electrons. The van der Waals surface area contributed by atoms with Crippen LogP contribution in [-0.2, 0) is 15.1 Å². The fourth-order valence-electron chi connectivity index (χ4n) is 1.96. The van der Waals surface area contributed by atoms with E-state index in [0.717, 1.165) is 22.9 Å². The lowest BCUT2D eigenvalue weighted by Gasteiger charge is -2.24. The summed E-state index contributed by atoms with van der Waals surface area (Å²) in [6.45, 7) is 2.48. The lowest BCUT2D eigenvalue weighted by molar-refractivity contribution is -0.126. The van der Waals surface area contributed by atoms with Crippen molar-refractivity contribution < 1.29 is 9.59 Å². The number of nitrogens with two attached hydrogens (primary N) is 1. The van der Waals surface area contributed by atoms with E-state index in [1.807, 2.05) is 24.3 Å². The molecule has 1 aromatic rings. The van der Waals surface area contributed by atoms with Crippen LogP contribution in [0.1, 0.15) is 25.3 Å². The highest BCUT2D eigenvalue weighted by atomic mass is 79.9. The summed E-state index contributed by atoms with van der Waals surface area (Å²) in [6, 6.07) is 7.34. The predicted molar refractivity (Wildman–Crippen MR) is 84.4 cm³/mol. The maximum Gasteiger partial charge on any atom is 0.244 e. The molecule has 0 bridgehead atoms. The van der Waals surface area contributed by atoms with E-state index in [4.69, 9.17) is 5.73 Å². The molecule has 1 fully saturated rings. The number of hydrogen-bond donors (Lipinski definition) is 3. The van der Waals surface area contributed by atoms with E-state index in [0.29, 0.717) is 13.1 Å². The van der Waals surface area contributed by atoms with Crippen molar-refractivity contribution in [3.63, 3.8) is 0 Å². The van der Waals surface area contributed by atoms with Gasteiger partial charge in [-0.25, -0.2) is 0 Å². The molecule has 21 heavy (non-hydrogen) atoms. The van der Waals surface area contributed by atoms with Gasteiger partial charge < -0.3 is 16.4 Å². The van der Waals surface area contributed by atoms with Gasteiger partial charge in [0.25, 0.3) is 0 Å². The number of benzene rings is 1. The Morgan fingerprint density at radius 1 is 1.24 bits per heavy atom. The summed E-state index contributed by atoms with van der Waals surface area (Å²) < 4.78 is 0.935. The zero-order chi connectivity index (χ0) is 15.5. The van der Waals surface area contributed by atoms with Crippen LogP contribution in [0.3, 0.4) is 0 Å². The highest BCUT2D eigenvalue weighted by Crippen LogP contribution is 2.28. The van der Waals surface area contributed by atoms with E-state index < -0.39 is 5.54 Å². The Kier molecular flexibility index (Phi) is 5.00. The predicted octanol–water partition coefficient (Wildman–Crippen LogP) is 1.27. The Morgan fingerprint density at radius 2 is 1.81 bits per heavy atom. The van der Waals surface area contributed by atoms with E-state index in [2.05, 4.69) is 26.6 Å². The summed E-state index contributed by atoms with van der Waals surface area (Å²) in [5.41, 5.74) is 5.76. The lowest BCUT2D eigenvalue weighted by Crippen LogP contribution is -2.50. The van der Waals surface area contributed by atoms with Crippen LogP contribution >= 0.6 is 15.9 Å². The van der Waals surface area contributed by atoms with Gasteiger partial charge in [-0.15, -0.1) is 0 Å². The lowest BCUT2D eigenvalue weighted by atomic mass is 9.92. The van der Waals surface area contributed by atoms with Gasteiger partial charge in [0.05, 0.1) is 0 Å². The fraction of sp³-hybridized carbons (Fsp3) is 0.467. The first-order valence-corrected chi connectivity index (χ1v) is 7.81. The van der Waals surface area contributed by atoms with Crippen LogP contribution in [0.2, 0.25) is 0 Å². The highest BCUT2D eigenvalue weighted by Gasteiger charge is 2.31. The van der Waals surface area contributed by atoms with Crippen LogP contribution < -0.4 is 16.4 Å². The van der Waals surface area contributed by atoms with Crippen LogP contribution in [0.15, 0.2) is 28.7 Å². The quantitative estimate of drug-likeness (QED) is 0.673. The smallest absolute Gasteiger partial charge is 0.244 e. The van der Waals surface area contributed by atoms with Crippen molar-refractivity contribution in [1.29, 1.82) is 0 Å². The third kappa shape index (κ3) is 4.28. The summed E-state index contributed by atoms with van der Waals surface area (Å²) >= 11 is 3.35. The molecule has 0 radical (unpaired) electrons. The van der Waals surface area contributed by atoms with Gasteiger partial charge in [0.1, 0.15) is 5.54 Å². The molecule has 4 N–H and O–H groups in total. The minimum absolute atomic E-state index is 0.0765. The Labute approximate surface area is 132 Å². The first-order chi connectivity index (χ1) is 9.91. The minimum atomic E-state index is -1.10. The summed E-state index contributed by atoms with van der Waals surface area (Å²) in [5.74, 6) is 0.00130. The normalized spacial score (nSPS) is 16.9. The Hall–Kier alpha value is -1.40. The average molecular weight is 354 g/mol. The molecular weight excluding hydrogens is 334 g/mol. The molecule has 0 spiro atoms. The number of halogens is 1. The topological polar surface area (TPSA) is 84.2 Å². The molecule has 6 heteroatoms. The molecule has 2 rings (SSSR count). The van der Waals surface area contributed by atoms with E-state index in [-0.39, 0.29) is 17.7 Å². The summed E-state index contributed by atoms with van der Waals surface area (Å²) in [4.78, 5) is 23.6. The number of nitrogens with one attached hydrogen (secondary N) is 2. The molecular formula is C15H20BrN3O2. The molecule has 5 nitrogen and oxygen atoms in total. The van der Waals surface area contributed by atoms with Crippen molar-refractivity contribution in [2.75, 3.05) is 13.1 Å². The van der Waals surface area contributed by atoms with Gasteiger partial charge in [-0.05, 0) is 37.5 Å². The molecule has 0 aromatic heterocycles. The molecule has 0 heterocycles. The SMILES string of the molecule is CC(N)(C(=O)NCCNC(=O)C1CC1)c1ccc(Br)cc1. The molecule has 0 saturated heterocycles. The molecule has 1 aromatic carbocycles. The van der Waals surface area contributed by atoms with E-state index >= 15 is 0 Å². The van der Waals surface area contributed by atoms with Crippen LogP contribution in [0.4, 0.5) is 0 Å². The van der Waals surface area contributed by atoms with E-state index in [9.17, 15) is 9.59 Å². The van der Waals surface area contributed by atoms with Gasteiger partial charge >= 0.3 is 0 Å². The van der Waals surface area contributed by atoms with Crippen molar-refractivity contribution in [2.24, 2.45) is 11.7 Å². The fourth-order valence-corrected chi connectivity index (χ4v) is 2.23. The van der Waals surface area contributed by atoms with Crippen molar-refractivity contribution in [1.82, 2.24) is 10.6 Å². The molecule has 1 aliphatic carbocycles. The van der Waals surface area contributed by atoms with Gasteiger partial charge in [0, 0.05) is 23.5 Å². The molecule has 0 aliphatic heterocycles. The number of carbonyl (C=O) groups excluding carboxylic acids is 2. The van der Waals surface area contributed by atoms with Gasteiger partial charge in [-0.1, -0.05) is 28.1 Å². The van der Waals surface area contributed by atoms with Crippen molar-refractivity contribution >= 4 is 27.7 Å². The van der Waals surface area contributed by atoms with Gasteiger partial charge in [-0.3, -0.25) is 9.59 Å².